The van der Waals surface area contributed by atoms with Crippen molar-refractivity contribution < 1.29 is 17.9 Å². The molecule has 4 nitrogen and oxygen atoms in total. The van der Waals surface area contributed by atoms with E-state index >= 15 is 0 Å². The van der Waals surface area contributed by atoms with Gasteiger partial charge in [0.05, 0.1) is 0 Å². The molecular weight excluding hydrogens is 119 g/mol. The highest BCUT2D eigenvalue weighted by atomic mass is 28.4. The summed E-state index contributed by atoms with van der Waals surface area (Å²) in [4.78, 5) is 23.6. The third-order valence-corrected chi connectivity index (χ3v) is 1.74. The molecule has 0 spiro atoms. The first-order chi connectivity index (χ1) is 2.56. The Morgan fingerprint density at radius 1 is 1.33 bits per heavy atom. The zero-order valence-electron chi connectivity index (χ0n) is 2.96. The van der Waals surface area contributed by atoms with Crippen LogP contribution in [0.15, 0.2) is 0 Å². The van der Waals surface area contributed by atoms with Crippen LogP contribution in [0.5, 0.6) is 0 Å². The lowest BCUT2D eigenvalue weighted by atomic mass is 15.7. The Balaban J connectivity index is 3.17. The second-order valence-corrected chi connectivity index (χ2v) is 3.02. The van der Waals surface area contributed by atoms with E-state index in [9.17, 15) is 0 Å². The van der Waals surface area contributed by atoms with E-state index in [1.807, 2.05) is 0 Å². The van der Waals surface area contributed by atoms with Crippen LogP contribution in [-0.4, -0.2) is 40.1 Å². The molecule has 0 fully saturated rings. The molecular formula is H4AlO4Si. The summed E-state index contributed by atoms with van der Waals surface area (Å²) in [7, 11) is -4.12. The quantitative estimate of drug-likeness (QED) is 0.330. The number of hydrogen-bond acceptors (Lipinski definition) is 4. The maximum absolute atomic E-state index is 7.86. The molecule has 6 heteroatoms. The molecule has 6 heavy (non-hydrogen) atoms. The minimum absolute atomic E-state index is 0.848. The lowest BCUT2D eigenvalue weighted by Crippen LogP contribution is -2.37. The molecule has 3 N–H and O–H groups in total. The van der Waals surface area contributed by atoms with Gasteiger partial charge < -0.3 is 17.9 Å². The molecule has 0 bridgehead atoms. The summed E-state index contributed by atoms with van der Waals surface area (Å²) in [5.41, 5.74) is 0. The predicted octanol–water partition coefficient (Wildman–Crippen LogP) is -2.77. The van der Waals surface area contributed by atoms with Crippen molar-refractivity contribution >= 4 is 25.7 Å². The molecule has 0 aliphatic rings. The van der Waals surface area contributed by atoms with Crippen molar-refractivity contribution in [2.75, 3.05) is 0 Å². The van der Waals surface area contributed by atoms with Crippen LogP contribution in [0.4, 0.5) is 0 Å². The zero-order valence-corrected chi connectivity index (χ0v) is 5.37. The number of hydrogen-bond donors (Lipinski definition) is 3. The standard InChI is InChI=1S/Al.H3O4Si.H/c;1-5(2,3)4;/h;1-3H;/q+1;-1;. The van der Waals surface area contributed by atoms with Crippen LogP contribution in [0.2, 0.25) is 0 Å². The van der Waals surface area contributed by atoms with Crippen LogP contribution < -0.4 is 0 Å². The van der Waals surface area contributed by atoms with Crippen molar-refractivity contribution in [3.05, 3.63) is 0 Å². The minimum atomic E-state index is -4.12. The minimum Gasteiger partial charge on any atom is -0.491 e. The van der Waals surface area contributed by atoms with Crippen LogP contribution >= 0.6 is 0 Å². The molecule has 0 aliphatic carbocycles. The first-order valence-electron chi connectivity index (χ1n) is 1.16. The van der Waals surface area contributed by atoms with Gasteiger partial charge in [0.2, 0.25) is 0 Å². The van der Waals surface area contributed by atoms with Crippen molar-refractivity contribution in [3.63, 3.8) is 0 Å². The summed E-state index contributed by atoms with van der Waals surface area (Å²) in [6.07, 6.45) is 0. The van der Waals surface area contributed by atoms with Gasteiger partial charge in [0.1, 0.15) is 0 Å². The van der Waals surface area contributed by atoms with E-state index in [0.717, 1.165) is 16.6 Å². The SMILES string of the molecule is O[Si](O)(O)[O][AlH]. The molecule has 0 aliphatic heterocycles. The van der Waals surface area contributed by atoms with Crippen LogP contribution in [0.1, 0.15) is 0 Å². The summed E-state index contributed by atoms with van der Waals surface area (Å²) < 4.78 is 3.77. The fraction of sp³-hybridized carbons (Fsp3) is 0. The van der Waals surface area contributed by atoms with E-state index in [-0.39, 0.29) is 0 Å². The summed E-state index contributed by atoms with van der Waals surface area (Å²) in [6, 6.07) is 0. The van der Waals surface area contributed by atoms with Gasteiger partial charge in [-0.15, -0.1) is 0 Å². The molecule has 0 amide bonds. The molecule has 35 valence electrons. The molecule has 0 saturated carbocycles. The zero-order chi connectivity index (χ0) is 5.21. The third kappa shape index (κ3) is 4.59. The van der Waals surface area contributed by atoms with E-state index in [2.05, 4.69) is 3.48 Å². The first-order valence-corrected chi connectivity index (χ1v) is 3.49. The van der Waals surface area contributed by atoms with E-state index < -0.39 is 9.05 Å². The fourth-order valence-electron chi connectivity index (χ4n) is 0. The highest BCUT2D eigenvalue weighted by Gasteiger charge is 2.25. The molecule has 0 heterocycles. The highest BCUT2D eigenvalue weighted by molar-refractivity contribution is 6.52. The van der Waals surface area contributed by atoms with Gasteiger partial charge in [0, 0.05) is 0 Å². The Kier molecular flexibility index (Phi) is 2.24. The van der Waals surface area contributed by atoms with Crippen molar-refractivity contribution in [3.8, 4) is 0 Å². The lowest BCUT2D eigenvalue weighted by molar-refractivity contribution is 0.134. The third-order valence-electron chi connectivity index (χ3n) is 0.194. The molecule has 0 rings (SSSR count). The van der Waals surface area contributed by atoms with Gasteiger partial charge in [0.25, 0.3) is 0 Å². The topological polar surface area (TPSA) is 69.9 Å². The molecule has 0 saturated heterocycles. The molecule has 0 unspecified atom stereocenters. The largest absolute Gasteiger partial charge is 0.640 e. The van der Waals surface area contributed by atoms with Crippen LogP contribution in [0, 0.1) is 0 Å². The summed E-state index contributed by atoms with van der Waals surface area (Å²) in [5.74, 6) is 0. The predicted molar refractivity (Wildman–Crippen MR) is 20.6 cm³/mol. The van der Waals surface area contributed by atoms with Gasteiger partial charge in [-0.1, -0.05) is 0 Å². The smallest absolute Gasteiger partial charge is 0.491 e. The lowest BCUT2D eigenvalue weighted by Gasteiger charge is -2.04. The van der Waals surface area contributed by atoms with Crippen molar-refractivity contribution in [2.24, 2.45) is 0 Å². The van der Waals surface area contributed by atoms with Gasteiger partial charge in [0.15, 0.2) is 0 Å². The van der Waals surface area contributed by atoms with E-state index in [1.165, 1.54) is 0 Å². The average molecular weight is 123 g/mol. The summed E-state index contributed by atoms with van der Waals surface area (Å²) in [6.45, 7) is 0. The van der Waals surface area contributed by atoms with Gasteiger partial charge in [-0.3, -0.25) is 0 Å². The maximum atomic E-state index is 7.86. The molecule has 1 radical (unpaired) electrons. The van der Waals surface area contributed by atoms with Gasteiger partial charge >= 0.3 is 25.7 Å². The van der Waals surface area contributed by atoms with Crippen molar-refractivity contribution in [2.45, 2.75) is 0 Å². The first kappa shape index (κ1) is 6.59. The monoisotopic (exact) mass is 123 g/mol. The Bertz CT molecular complexity index is 37.3. The van der Waals surface area contributed by atoms with E-state index in [0.29, 0.717) is 0 Å². The Hall–Kier alpha value is 0.589. The van der Waals surface area contributed by atoms with Crippen LogP contribution in [-0.2, 0) is 3.48 Å². The second kappa shape index (κ2) is 2.04. The summed E-state index contributed by atoms with van der Waals surface area (Å²) >= 11 is 0.848. The van der Waals surface area contributed by atoms with Crippen molar-refractivity contribution in [1.82, 2.24) is 0 Å². The Morgan fingerprint density at radius 3 is 1.50 bits per heavy atom. The Morgan fingerprint density at radius 2 is 1.50 bits per heavy atom. The molecule has 0 atom stereocenters. The Labute approximate surface area is 44.2 Å². The average Bonchev–Trinajstić information content (AvgIpc) is 1.35. The number of rotatable bonds is 1. The summed E-state index contributed by atoms with van der Waals surface area (Å²) in [5, 5.41) is 0. The highest BCUT2D eigenvalue weighted by Crippen LogP contribution is 1.79. The van der Waals surface area contributed by atoms with Crippen molar-refractivity contribution in [1.29, 1.82) is 0 Å². The second-order valence-electron chi connectivity index (χ2n) is 0.718. The maximum Gasteiger partial charge on any atom is 0.640 e. The normalized spacial score (nSPS) is 11.8. The van der Waals surface area contributed by atoms with E-state index in [4.69, 9.17) is 14.4 Å². The van der Waals surface area contributed by atoms with Crippen LogP contribution in [0.25, 0.3) is 0 Å². The van der Waals surface area contributed by atoms with Gasteiger partial charge in [-0.05, 0) is 0 Å². The van der Waals surface area contributed by atoms with Gasteiger partial charge in [-0.25, -0.2) is 0 Å². The van der Waals surface area contributed by atoms with Gasteiger partial charge in [-0.2, -0.15) is 0 Å². The van der Waals surface area contributed by atoms with E-state index in [1.54, 1.807) is 0 Å². The van der Waals surface area contributed by atoms with Crippen LogP contribution in [0.3, 0.4) is 0 Å². The molecule has 0 aromatic heterocycles. The molecule has 0 aromatic carbocycles. The molecule has 0 aromatic rings. The fourth-order valence-corrected chi connectivity index (χ4v) is 0.